The lowest BCUT2D eigenvalue weighted by molar-refractivity contribution is 0.0842. The fraction of sp³-hybridized carbons (Fsp3) is 0.500. The Bertz CT molecular complexity index is 830. The lowest BCUT2D eigenvalue weighted by Gasteiger charge is -2.20. The van der Waals surface area contributed by atoms with Crippen molar-refractivity contribution in [2.45, 2.75) is 48.0 Å². The second-order valence-corrected chi connectivity index (χ2v) is 9.14. The van der Waals surface area contributed by atoms with Gasteiger partial charge in [0.2, 0.25) is 5.78 Å². The Kier molecular flexibility index (Phi) is 5.47. The van der Waals surface area contributed by atoms with E-state index >= 15 is 0 Å². The highest BCUT2D eigenvalue weighted by atomic mass is 79.9. The summed E-state index contributed by atoms with van der Waals surface area (Å²) < 4.78 is 0. The highest BCUT2D eigenvalue weighted by molar-refractivity contribution is 9.09. The number of benzene rings is 1. The van der Waals surface area contributed by atoms with Crippen molar-refractivity contribution in [3.8, 4) is 0 Å². The zero-order valence-corrected chi connectivity index (χ0v) is 17.3. The van der Waals surface area contributed by atoms with E-state index < -0.39 is 10.8 Å². The molecule has 0 N–H and O–H groups in total. The Hall–Kier alpha value is -1.62. The zero-order chi connectivity index (χ0) is 19.0. The molecular formula is C20H25BrN2O2. The molecule has 0 amide bonds. The van der Waals surface area contributed by atoms with E-state index in [-0.39, 0.29) is 17.4 Å². The minimum Gasteiger partial charge on any atom is -0.292 e. The van der Waals surface area contributed by atoms with Crippen molar-refractivity contribution in [3.05, 3.63) is 35.3 Å². The summed E-state index contributed by atoms with van der Waals surface area (Å²) in [5, 5.41) is 1.55. The molecule has 5 heteroatoms. The van der Waals surface area contributed by atoms with E-state index in [0.29, 0.717) is 16.6 Å². The number of alkyl halides is 1. The Balaban J connectivity index is 2.76. The lowest BCUT2D eigenvalue weighted by Crippen LogP contribution is -2.26. The second-order valence-electron chi connectivity index (χ2n) is 8.34. The average Bonchev–Trinajstić information content (AvgIpc) is 2.51. The van der Waals surface area contributed by atoms with Gasteiger partial charge < -0.3 is 0 Å². The molecule has 4 nitrogen and oxygen atoms in total. The van der Waals surface area contributed by atoms with Gasteiger partial charge in [-0.25, -0.2) is 9.97 Å². The van der Waals surface area contributed by atoms with Gasteiger partial charge >= 0.3 is 0 Å². The third-order valence-electron chi connectivity index (χ3n) is 3.92. The van der Waals surface area contributed by atoms with Crippen molar-refractivity contribution in [2.24, 2.45) is 10.8 Å². The third kappa shape index (κ3) is 4.32. The first-order valence-electron chi connectivity index (χ1n) is 8.41. The van der Waals surface area contributed by atoms with Gasteiger partial charge in [-0.15, -0.1) is 0 Å². The first kappa shape index (κ1) is 19.7. The molecule has 0 aliphatic heterocycles. The number of carbonyl (C=O) groups is 2. The van der Waals surface area contributed by atoms with Crippen LogP contribution in [0.4, 0.5) is 0 Å². The fourth-order valence-corrected chi connectivity index (χ4v) is 2.86. The molecule has 0 fully saturated rings. The maximum absolute atomic E-state index is 13.0. The largest absolute Gasteiger partial charge is 0.292 e. The van der Waals surface area contributed by atoms with Crippen molar-refractivity contribution in [1.82, 2.24) is 9.97 Å². The number of ketones is 2. The number of rotatable bonds is 4. The predicted octanol–water partition coefficient (Wildman–Crippen LogP) is 5.02. The lowest BCUT2D eigenvalue weighted by atomic mass is 9.86. The molecule has 1 aromatic heterocycles. The van der Waals surface area contributed by atoms with E-state index in [1.54, 1.807) is 0 Å². The van der Waals surface area contributed by atoms with E-state index in [2.05, 4.69) is 25.9 Å². The van der Waals surface area contributed by atoms with Crippen LogP contribution in [0.3, 0.4) is 0 Å². The third-order valence-corrected chi connectivity index (χ3v) is 4.32. The molecule has 0 atom stereocenters. The maximum atomic E-state index is 13.0. The molecule has 0 aliphatic rings. The van der Waals surface area contributed by atoms with Crippen LogP contribution in [-0.4, -0.2) is 26.9 Å². The van der Waals surface area contributed by atoms with Crippen molar-refractivity contribution < 1.29 is 9.59 Å². The SMILES string of the molecule is CC(C)(C)C(=O)c1nc(C(=O)C(C)(C)C)c2cc(CCBr)ccc2n1. The van der Waals surface area contributed by atoms with Gasteiger partial charge in [0.15, 0.2) is 11.6 Å². The Morgan fingerprint density at radius 1 is 0.960 bits per heavy atom. The molecule has 0 bridgehead atoms. The van der Waals surface area contributed by atoms with E-state index in [0.717, 1.165) is 17.3 Å². The van der Waals surface area contributed by atoms with Gasteiger partial charge in [0.25, 0.3) is 0 Å². The van der Waals surface area contributed by atoms with Crippen LogP contribution in [0.1, 0.15) is 68.2 Å². The number of fused-ring (bicyclic) bond motifs is 1. The first-order valence-corrected chi connectivity index (χ1v) is 9.53. The van der Waals surface area contributed by atoms with E-state index in [9.17, 15) is 9.59 Å². The Labute approximate surface area is 157 Å². The number of nitrogens with zero attached hydrogens (tertiary/aromatic N) is 2. The van der Waals surface area contributed by atoms with Crippen LogP contribution in [-0.2, 0) is 6.42 Å². The minimum atomic E-state index is -0.606. The molecule has 0 spiro atoms. The van der Waals surface area contributed by atoms with Gasteiger partial charge in [-0.3, -0.25) is 9.59 Å². The van der Waals surface area contributed by atoms with Crippen LogP contribution in [0.15, 0.2) is 18.2 Å². The standard InChI is InChI=1S/C20H25BrN2O2/c1-19(2,3)16(24)15-13-11-12(9-10-21)7-8-14(13)22-18(23-15)17(25)20(4,5)6/h7-8,11H,9-10H2,1-6H3. The summed E-state index contributed by atoms with van der Waals surface area (Å²) in [5.41, 5.74) is 0.876. The average molecular weight is 405 g/mol. The van der Waals surface area contributed by atoms with Gasteiger partial charge in [-0.1, -0.05) is 63.5 Å². The Morgan fingerprint density at radius 2 is 1.56 bits per heavy atom. The molecule has 1 heterocycles. The summed E-state index contributed by atoms with van der Waals surface area (Å²) >= 11 is 3.44. The molecule has 25 heavy (non-hydrogen) atoms. The summed E-state index contributed by atoms with van der Waals surface area (Å²) in [6, 6.07) is 5.81. The smallest absolute Gasteiger partial charge is 0.205 e. The quantitative estimate of drug-likeness (QED) is 0.529. The number of aryl methyl sites for hydroxylation is 1. The normalized spacial score (nSPS) is 12.4. The summed E-state index contributed by atoms with van der Waals surface area (Å²) in [7, 11) is 0. The molecule has 2 rings (SSSR count). The number of hydrogen-bond acceptors (Lipinski definition) is 4. The Morgan fingerprint density at radius 3 is 2.08 bits per heavy atom. The summed E-state index contributed by atoms with van der Waals surface area (Å²) in [5.74, 6) is -0.137. The van der Waals surface area contributed by atoms with Gasteiger partial charge in [-0.05, 0) is 24.1 Å². The van der Waals surface area contributed by atoms with Crippen LogP contribution >= 0.6 is 15.9 Å². The van der Waals surface area contributed by atoms with Crippen LogP contribution in [0.25, 0.3) is 10.9 Å². The molecule has 0 radical (unpaired) electrons. The second kappa shape index (κ2) is 6.94. The fourth-order valence-electron chi connectivity index (χ4n) is 2.41. The van der Waals surface area contributed by atoms with E-state index in [4.69, 9.17) is 0 Å². The number of hydrogen-bond donors (Lipinski definition) is 0. The van der Waals surface area contributed by atoms with E-state index in [1.165, 1.54) is 0 Å². The van der Waals surface area contributed by atoms with Gasteiger partial charge in [0, 0.05) is 21.5 Å². The topological polar surface area (TPSA) is 59.9 Å². The van der Waals surface area contributed by atoms with Crippen LogP contribution in [0, 0.1) is 10.8 Å². The number of halogens is 1. The molecule has 134 valence electrons. The molecule has 0 unspecified atom stereocenters. The van der Waals surface area contributed by atoms with Crippen molar-refractivity contribution in [1.29, 1.82) is 0 Å². The highest BCUT2D eigenvalue weighted by Crippen LogP contribution is 2.28. The van der Waals surface area contributed by atoms with Crippen LogP contribution in [0.2, 0.25) is 0 Å². The van der Waals surface area contributed by atoms with Crippen molar-refractivity contribution >= 4 is 38.4 Å². The zero-order valence-electron chi connectivity index (χ0n) is 15.7. The van der Waals surface area contributed by atoms with Crippen LogP contribution < -0.4 is 0 Å². The van der Waals surface area contributed by atoms with Crippen molar-refractivity contribution in [3.63, 3.8) is 0 Å². The van der Waals surface area contributed by atoms with Crippen molar-refractivity contribution in [2.75, 3.05) is 5.33 Å². The van der Waals surface area contributed by atoms with Crippen LogP contribution in [0.5, 0.6) is 0 Å². The first-order chi connectivity index (χ1) is 11.4. The number of Topliss-reactive ketones (excluding diaryl/α,β-unsaturated/α-hetero) is 2. The molecule has 0 saturated heterocycles. The molecule has 2 aromatic rings. The molecule has 0 saturated carbocycles. The number of carbonyl (C=O) groups excluding carboxylic acids is 2. The van der Waals surface area contributed by atoms with Gasteiger partial charge in [0.05, 0.1) is 5.52 Å². The predicted molar refractivity (Wildman–Crippen MR) is 105 cm³/mol. The van der Waals surface area contributed by atoms with Gasteiger partial charge in [0.1, 0.15) is 5.69 Å². The maximum Gasteiger partial charge on any atom is 0.205 e. The molecule has 1 aromatic carbocycles. The summed E-state index contributed by atoms with van der Waals surface area (Å²) in [6.45, 7) is 11.1. The van der Waals surface area contributed by atoms with E-state index in [1.807, 2.05) is 59.7 Å². The minimum absolute atomic E-state index is 0.0844. The summed E-state index contributed by atoms with van der Waals surface area (Å²) in [6.07, 6.45) is 0.849. The molecular weight excluding hydrogens is 380 g/mol. The number of aromatic nitrogens is 2. The van der Waals surface area contributed by atoms with Gasteiger partial charge in [-0.2, -0.15) is 0 Å². The monoisotopic (exact) mass is 404 g/mol. The highest BCUT2D eigenvalue weighted by Gasteiger charge is 2.30. The summed E-state index contributed by atoms with van der Waals surface area (Å²) in [4.78, 5) is 34.5. The molecule has 0 aliphatic carbocycles.